The number of fused-ring (bicyclic) bond motifs is 2. The van der Waals surface area contributed by atoms with Crippen LogP contribution in [0.15, 0.2) is 177 Å². The number of nitrogens with zero attached hydrogens (tertiary/aromatic N) is 9. The molecule has 8 aromatic rings. The minimum absolute atomic E-state index is 0.0202. The van der Waals surface area contributed by atoms with E-state index >= 15 is 0 Å². The predicted octanol–water partition coefficient (Wildman–Crippen LogP) is 11.3. The highest BCUT2D eigenvalue weighted by molar-refractivity contribution is 8.04. The maximum absolute atomic E-state index is 13.9. The van der Waals surface area contributed by atoms with Gasteiger partial charge in [0.25, 0.3) is 20.2 Å². The lowest BCUT2D eigenvalue weighted by Crippen LogP contribution is -2.35. The largest absolute Gasteiger partial charge is 0.505 e. The van der Waals surface area contributed by atoms with Crippen molar-refractivity contribution in [1.29, 1.82) is 0 Å². The first-order chi connectivity index (χ1) is 51.8. The molecule has 8 aromatic carbocycles. The topological polar surface area (TPSA) is 633 Å². The Kier molecular flexibility index (Phi) is 29.2. The van der Waals surface area contributed by atoms with E-state index < -0.39 is 141 Å². The molecule has 0 fully saturated rings. The van der Waals surface area contributed by atoms with E-state index in [0.29, 0.717) is 39.0 Å². The van der Waals surface area contributed by atoms with Gasteiger partial charge < -0.3 is 36.3 Å². The van der Waals surface area contributed by atoms with E-state index in [9.17, 15) is 74.9 Å². The number of nitrogen functional groups attached to an aromatic ring is 2. The highest BCUT2D eigenvalue weighted by Crippen LogP contribution is 2.52. The quantitative estimate of drug-likeness (QED) is 0.00261. The average Bonchev–Trinajstić information content (AvgIpc) is 0.751. The number of phenolic OH excluding ortho intramolecular Hbond substituents is 2. The third-order valence-corrected chi connectivity index (χ3v) is 23.0. The number of hydrogen-bond donors (Lipinski definition) is 11. The molecule has 0 saturated heterocycles. The number of azo groups is 4. The van der Waals surface area contributed by atoms with E-state index in [-0.39, 0.29) is 100 Å². The summed E-state index contributed by atoms with van der Waals surface area (Å²) in [6.45, 7) is 1.54. The van der Waals surface area contributed by atoms with Crippen molar-refractivity contribution < 1.29 is 141 Å². The maximum atomic E-state index is 13.9. The SMILES string of the molecule is COc1cc(SC#COOS(=O)(=O)O)c(C)cc1N=Nc1c(SOOO)cc2c(N=Nc3ccc(S(=O)(=O)CCN(CCO)CCS(=O)(=O)c4ccc(N=Nc5c(S(=O)(=O)O)cc6cc(SOOO)c(N=Nc7cc(C)c(SC#COOS(=O)(=O)O)cc7OC)c(O)c6c5N)cc4)cc3S(=O)(=O)O)c(N)ccc2c1O. The number of methoxy groups -OCH3 is 2. The van der Waals surface area contributed by atoms with Gasteiger partial charge in [0.05, 0.1) is 98.4 Å². The maximum Gasteiger partial charge on any atom is 0.433 e. The van der Waals surface area contributed by atoms with Gasteiger partial charge in [-0.05, 0) is 160 Å². The van der Waals surface area contributed by atoms with E-state index in [1.54, 1.807) is 13.8 Å². The number of ether oxygens (including phenoxy) is 2. The monoisotopic (exact) mass is 1720 g/mol. The smallest absolute Gasteiger partial charge is 0.433 e. The van der Waals surface area contributed by atoms with Gasteiger partial charge in [0.2, 0.25) is 0 Å². The number of sulfone groups is 2. The fourth-order valence-electron chi connectivity index (χ4n) is 9.41. The van der Waals surface area contributed by atoms with E-state index in [2.05, 4.69) is 88.6 Å². The van der Waals surface area contributed by atoms with Gasteiger partial charge in [0.15, 0.2) is 43.4 Å². The van der Waals surface area contributed by atoms with E-state index in [0.717, 1.165) is 72.1 Å². The Labute approximate surface area is 639 Å². The lowest BCUT2D eigenvalue weighted by molar-refractivity contribution is -0.432. The van der Waals surface area contributed by atoms with Gasteiger partial charge in [-0.15, -0.1) is 44.5 Å². The van der Waals surface area contributed by atoms with Gasteiger partial charge in [0.1, 0.15) is 61.1 Å². The highest BCUT2D eigenvalue weighted by Gasteiger charge is 2.29. The number of aromatic hydroxyl groups is 2. The number of anilines is 2. The number of hydrogen-bond acceptors (Lipinski definition) is 42. The van der Waals surface area contributed by atoms with E-state index in [1.807, 2.05) is 12.2 Å². The highest BCUT2D eigenvalue weighted by atomic mass is 32.3. The summed E-state index contributed by atoms with van der Waals surface area (Å²) in [4.78, 5) is 7.06. The number of phenols is 2. The van der Waals surface area contributed by atoms with Crippen LogP contribution in [0.1, 0.15) is 11.1 Å². The summed E-state index contributed by atoms with van der Waals surface area (Å²) in [5, 5.41) is 95.8. The van der Waals surface area contributed by atoms with Gasteiger partial charge in [-0.3, -0.25) is 32.9 Å². The zero-order valence-electron chi connectivity index (χ0n) is 55.7. The Balaban J connectivity index is 0.983. The second-order valence-electron chi connectivity index (χ2n) is 21.4. The molecule has 0 bridgehead atoms. The van der Waals surface area contributed by atoms with Crippen LogP contribution in [0.5, 0.6) is 23.0 Å². The van der Waals surface area contributed by atoms with Crippen LogP contribution in [0, 0.1) is 36.6 Å². The molecule has 0 aromatic heterocycles. The molecule has 0 spiro atoms. The van der Waals surface area contributed by atoms with Crippen LogP contribution in [0.4, 0.5) is 56.9 Å². The second-order valence-corrected chi connectivity index (χ2v) is 33.5. The van der Waals surface area contributed by atoms with Crippen molar-refractivity contribution in [1.82, 2.24) is 4.90 Å². The van der Waals surface area contributed by atoms with Crippen LogP contribution in [0.2, 0.25) is 0 Å². The molecule has 0 saturated carbocycles. The lowest BCUT2D eigenvalue weighted by Gasteiger charge is -2.21. The molecule has 8 rings (SSSR count). The van der Waals surface area contributed by atoms with Crippen molar-refractivity contribution in [3.8, 4) is 45.7 Å². The van der Waals surface area contributed by atoms with E-state index in [4.69, 9.17) is 40.6 Å². The van der Waals surface area contributed by atoms with E-state index in [1.165, 1.54) is 61.6 Å². The number of benzene rings is 8. The Morgan fingerprint density at radius 1 is 0.491 bits per heavy atom. The Hall–Kier alpha value is -9.26. The number of rotatable bonds is 34. The molecule has 13 N–H and O–H groups in total. The minimum Gasteiger partial charge on any atom is -0.505 e. The molecule has 586 valence electrons. The molecule has 0 aliphatic carbocycles. The Morgan fingerprint density at radius 2 is 0.973 bits per heavy atom. The second kappa shape index (κ2) is 37.2. The standard InChI is InChI=1S/C58H53N11O31S10/c1-31-23-41(43(91-3)29-45(31)101-19-17-93-99-109(85,86)87)63-66-54-48(104-98-96-74)28-38-37(57(54)71)10-11-39(59)53(38)65-62-40-12-9-36(27-49(40)107(79,80)81)106(77,78)22-15-69(13-16-70)14-21-105(75,76)35-7-5-34(6-8-35)61-68-56-50(108(82,83)84)26-33-25-47(103-97-95-73)55(58(72)51(33)52(56)60)67-64-42-24-32(2)46(30-44(42)92-4)102-20-18-94-100-110(88,89)90/h5-12,23-30,70-74H,13-16,21-22,59-60H2,1-4H3,(H,79,80,81)(H,82,83,84)(H,85,86,87)(H,88,89,90). The molecule has 52 heteroatoms. The fraction of sp³-hybridized carbons (Fsp3) is 0.172. The molecule has 0 unspecified atom stereocenters. The van der Waals surface area contributed by atoms with Crippen molar-refractivity contribution in [3.05, 3.63) is 108 Å². The molecule has 0 amide bonds. The van der Waals surface area contributed by atoms with Crippen molar-refractivity contribution in [2.75, 3.05) is 63.4 Å². The number of aryl methyl sites for hydroxylation is 2. The first-order valence-corrected chi connectivity index (χ1v) is 41.4. The summed E-state index contributed by atoms with van der Waals surface area (Å²) in [6.07, 6.45) is 3.81. The average molecular weight is 1720 g/mol. The number of thioether (sulfide) groups is 2. The van der Waals surface area contributed by atoms with Crippen molar-refractivity contribution >= 4 is 187 Å². The zero-order valence-corrected chi connectivity index (χ0v) is 63.9. The molecular formula is C58H53N11O31S10. The molecule has 110 heavy (non-hydrogen) atoms. The van der Waals surface area contributed by atoms with Crippen LogP contribution in [-0.2, 0) is 97.9 Å². The molecular weight excluding hydrogens is 1670 g/mol. The summed E-state index contributed by atoms with van der Waals surface area (Å²) in [5.41, 5.74) is 10.7. The number of aliphatic hydroxyl groups excluding tert-OH is 1. The summed E-state index contributed by atoms with van der Waals surface area (Å²) < 4.78 is 215. The summed E-state index contributed by atoms with van der Waals surface area (Å²) >= 11 is 2.21. The summed E-state index contributed by atoms with van der Waals surface area (Å²) in [5.74, 6) is -2.73. The predicted molar refractivity (Wildman–Crippen MR) is 388 cm³/mol. The number of nitrogens with two attached hydrogens (primary N) is 2. The third-order valence-electron chi connectivity index (χ3n) is 14.4. The van der Waals surface area contributed by atoms with Gasteiger partial charge in [-0.25, -0.2) is 27.4 Å². The first-order valence-electron chi connectivity index (χ1n) is 29.3. The molecule has 0 aliphatic heterocycles. The van der Waals surface area contributed by atoms with Crippen molar-refractivity contribution in [2.45, 2.75) is 53.0 Å². The van der Waals surface area contributed by atoms with Crippen LogP contribution < -0.4 is 20.9 Å². The van der Waals surface area contributed by atoms with Gasteiger partial charge in [-0.1, -0.05) is 10.1 Å². The molecule has 0 heterocycles. The van der Waals surface area contributed by atoms with Gasteiger partial charge in [0, 0.05) is 50.7 Å². The van der Waals surface area contributed by atoms with Gasteiger partial charge in [-0.2, -0.15) is 38.8 Å². The lowest BCUT2D eigenvalue weighted by atomic mass is 10.1. The van der Waals surface area contributed by atoms with Crippen LogP contribution in [-0.4, -0.2) is 151 Å². The number of aliphatic hydroxyl groups is 1. The minimum atomic E-state index is -5.33. The summed E-state index contributed by atoms with van der Waals surface area (Å²) in [7, 11) is -26.7. The molecule has 42 nitrogen and oxygen atoms in total. The molecule has 0 aliphatic rings. The normalized spacial score (nSPS) is 12.5. The Morgan fingerprint density at radius 3 is 1.47 bits per heavy atom. The first kappa shape index (κ1) is 86.3. The molecule has 0 radical (unpaired) electrons. The van der Waals surface area contributed by atoms with Crippen molar-refractivity contribution in [2.24, 2.45) is 40.9 Å². The third kappa shape index (κ3) is 22.7. The van der Waals surface area contributed by atoms with Gasteiger partial charge >= 0.3 is 20.8 Å². The molecule has 0 atom stereocenters. The van der Waals surface area contributed by atoms with Crippen molar-refractivity contribution in [3.63, 3.8) is 0 Å². The van der Waals surface area contributed by atoms with Crippen LogP contribution in [0.25, 0.3) is 21.5 Å². The van der Waals surface area contributed by atoms with Crippen LogP contribution >= 0.6 is 47.6 Å². The Bertz CT molecular complexity index is 5870. The summed E-state index contributed by atoms with van der Waals surface area (Å²) in [6, 6.07) is 18.6. The zero-order chi connectivity index (χ0) is 80.7. The van der Waals surface area contributed by atoms with Crippen LogP contribution in [0.3, 0.4) is 0 Å². The fourth-order valence-corrected chi connectivity index (χ4v) is 15.8.